The van der Waals surface area contributed by atoms with Gasteiger partial charge in [-0.15, -0.1) is 0 Å². The molecule has 2 heterocycles. The van der Waals surface area contributed by atoms with Crippen molar-refractivity contribution in [3.05, 3.63) is 119 Å². The van der Waals surface area contributed by atoms with Crippen LogP contribution in [0, 0.1) is 11.3 Å². The predicted molar refractivity (Wildman–Crippen MR) is 217 cm³/mol. The first-order valence-corrected chi connectivity index (χ1v) is 19.3. The minimum absolute atomic E-state index is 0.00310. The molecular formula is C45H56F3N5O5. The second-order valence-electron chi connectivity index (χ2n) is 15.8. The molecule has 312 valence electrons. The first-order chi connectivity index (χ1) is 27.1. The zero-order valence-corrected chi connectivity index (χ0v) is 34.8. The lowest BCUT2D eigenvalue weighted by Crippen LogP contribution is -2.31. The highest BCUT2D eigenvalue weighted by molar-refractivity contribution is 5.83. The standard InChI is InChI=1S/C23H32N2O3.C22H24F3N3O2/c1-6-19(15-26)28-20-11-12-21(24-14-20)16(2)25-22(27)13-17-7-9-18(10-8-17)23(3,4)5;1-14(16-5-7-17(8-6-16)21(3,4)12-26)20(29)28-15(2)19-10-9-18(11-27-19)30-13-22(23,24)25/h7-12,14,16,19,26H,6,13,15H2,1-5H3,(H,25,27);5-11,14-15H,13H2,1-4H3,(H,28,29). The van der Waals surface area contributed by atoms with E-state index in [1.807, 2.05) is 76.2 Å². The molecule has 0 saturated heterocycles. The van der Waals surface area contributed by atoms with Gasteiger partial charge in [0.25, 0.3) is 0 Å². The van der Waals surface area contributed by atoms with Crippen LogP contribution in [0.3, 0.4) is 0 Å². The number of benzene rings is 2. The number of amides is 2. The molecule has 0 bridgehead atoms. The maximum Gasteiger partial charge on any atom is 0.422 e. The smallest absolute Gasteiger partial charge is 0.422 e. The summed E-state index contributed by atoms with van der Waals surface area (Å²) in [6.07, 6.45) is -0.760. The monoisotopic (exact) mass is 803 g/mol. The summed E-state index contributed by atoms with van der Waals surface area (Å²) in [5, 5.41) is 24.3. The molecule has 0 spiro atoms. The average molecular weight is 804 g/mol. The van der Waals surface area contributed by atoms with Crippen molar-refractivity contribution in [2.45, 2.75) is 116 Å². The first-order valence-electron chi connectivity index (χ1n) is 19.3. The van der Waals surface area contributed by atoms with E-state index in [9.17, 15) is 33.1 Å². The van der Waals surface area contributed by atoms with Gasteiger partial charge in [-0.05, 0) is 93.0 Å². The zero-order chi connectivity index (χ0) is 43.3. The van der Waals surface area contributed by atoms with Crippen LogP contribution in [0.25, 0.3) is 0 Å². The molecule has 4 unspecified atom stereocenters. The Morgan fingerprint density at radius 1 is 0.793 bits per heavy atom. The van der Waals surface area contributed by atoms with Crippen LogP contribution in [-0.4, -0.2) is 52.4 Å². The van der Waals surface area contributed by atoms with Crippen molar-refractivity contribution in [1.82, 2.24) is 20.6 Å². The molecule has 0 fully saturated rings. The number of aliphatic hydroxyl groups is 1. The number of aliphatic hydroxyl groups excluding tert-OH is 1. The van der Waals surface area contributed by atoms with Crippen LogP contribution in [0.1, 0.15) is 120 Å². The van der Waals surface area contributed by atoms with E-state index in [2.05, 4.69) is 64.3 Å². The fraction of sp³-hybridized carbons (Fsp3) is 0.444. The normalized spacial score (nSPS) is 13.7. The van der Waals surface area contributed by atoms with Crippen LogP contribution in [-0.2, 0) is 26.8 Å². The van der Waals surface area contributed by atoms with E-state index in [1.54, 1.807) is 20.0 Å². The number of rotatable bonds is 15. The Balaban J connectivity index is 0.000000311. The lowest BCUT2D eigenvalue weighted by molar-refractivity contribution is -0.153. The van der Waals surface area contributed by atoms with Gasteiger partial charge in [0, 0.05) is 0 Å². The van der Waals surface area contributed by atoms with Gasteiger partial charge in [-0.3, -0.25) is 19.6 Å². The van der Waals surface area contributed by atoms with Crippen LogP contribution in [0.2, 0.25) is 0 Å². The molecule has 0 aliphatic carbocycles. The van der Waals surface area contributed by atoms with Gasteiger partial charge in [0.1, 0.15) is 17.6 Å². The minimum atomic E-state index is -4.42. The Morgan fingerprint density at radius 3 is 1.79 bits per heavy atom. The van der Waals surface area contributed by atoms with Gasteiger partial charge in [-0.1, -0.05) is 76.2 Å². The molecule has 58 heavy (non-hydrogen) atoms. The first kappa shape index (κ1) is 46.9. The molecule has 0 radical (unpaired) electrons. The Hall–Kier alpha value is -5.48. The van der Waals surface area contributed by atoms with Crippen molar-refractivity contribution in [2.75, 3.05) is 13.2 Å². The lowest BCUT2D eigenvalue weighted by Gasteiger charge is -2.19. The zero-order valence-electron chi connectivity index (χ0n) is 34.8. The number of hydrogen-bond acceptors (Lipinski definition) is 8. The maximum atomic E-state index is 12.6. The fourth-order valence-electron chi connectivity index (χ4n) is 5.55. The number of carbonyl (C=O) groups excluding carboxylic acids is 2. The third-order valence-corrected chi connectivity index (χ3v) is 9.50. The lowest BCUT2D eigenvalue weighted by atomic mass is 9.85. The molecule has 10 nitrogen and oxygen atoms in total. The number of ether oxygens (including phenoxy) is 2. The summed E-state index contributed by atoms with van der Waals surface area (Å²) >= 11 is 0. The third-order valence-electron chi connectivity index (χ3n) is 9.50. The Labute approximate surface area is 340 Å². The summed E-state index contributed by atoms with van der Waals surface area (Å²) in [5.41, 5.74) is 4.67. The molecule has 2 aromatic carbocycles. The number of nitriles is 1. The topological polar surface area (TPSA) is 146 Å². The Kier molecular flexibility index (Phi) is 16.8. The number of pyridine rings is 2. The largest absolute Gasteiger partial charge is 0.486 e. The summed E-state index contributed by atoms with van der Waals surface area (Å²) in [7, 11) is 0. The maximum absolute atomic E-state index is 12.6. The van der Waals surface area contributed by atoms with Crippen molar-refractivity contribution in [1.29, 1.82) is 5.26 Å². The van der Waals surface area contributed by atoms with Crippen molar-refractivity contribution in [3.8, 4) is 17.6 Å². The number of alkyl halides is 3. The van der Waals surface area contributed by atoms with E-state index >= 15 is 0 Å². The summed E-state index contributed by atoms with van der Waals surface area (Å²) in [6.45, 7) is 16.1. The van der Waals surface area contributed by atoms with Gasteiger partial charge in [0.2, 0.25) is 11.8 Å². The van der Waals surface area contributed by atoms with Gasteiger partial charge in [-0.2, -0.15) is 18.4 Å². The fourth-order valence-corrected chi connectivity index (χ4v) is 5.55. The predicted octanol–water partition coefficient (Wildman–Crippen LogP) is 8.75. The molecule has 2 aromatic heterocycles. The van der Waals surface area contributed by atoms with Crippen LogP contribution in [0.4, 0.5) is 13.2 Å². The van der Waals surface area contributed by atoms with Crippen LogP contribution in [0.5, 0.6) is 11.5 Å². The molecule has 4 rings (SSSR count). The van der Waals surface area contributed by atoms with Crippen LogP contribution in [0.15, 0.2) is 85.2 Å². The highest BCUT2D eigenvalue weighted by Crippen LogP contribution is 2.26. The molecule has 4 atom stereocenters. The quantitative estimate of drug-likeness (QED) is 0.108. The summed E-state index contributed by atoms with van der Waals surface area (Å²) < 4.78 is 46.9. The number of halogens is 3. The van der Waals surface area contributed by atoms with Crippen molar-refractivity contribution >= 4 is 11.8 Å². The Bertz CT molecular complexity index is 1930. The van der Waals surface area contributed by atoms with Gasteiger partial charge in [-0.25, -0.2) is 0 Å². The number of aromatic nitrogens is 2. The third kappa shape index (κ3) is 14.8. The molecule has 2 amide bonds. The highest BCUT2D eigenvalue weighted by Gasteiger charge is 2.28. The SMILES string of the molecule is CC(NC(=O)C(C)c1ccc(C(C)(C)C#N)cc1)c1ccc(OCC(F)(F)F)cn1.CCC(CO)Oc1ccc(C(C)NC(=O)Cc2ccc(C(C)(C)C)cc2)nc1. The van der Waals surface area contributed by atoms with Crippen LogP contribution >= 0.6 is 0 Å². The molecule has 0 saturated carbocycles. The van der Waals surface area contributed by atoms with Gasteiger partial charge in [0.05, 0.1) is 66.3 Å². The van der Waals surface area contributed by atoms with E-state index in [-0.39, 0.29) is 41.7 Å². The number of nitrogens with zero attached hydrogens (tertiary/aromatic N) is 3. The summed E-state index contributed by atoms with van der Waals surface area (Å²) in [4.78, 5) is 33.4. The molecule has 13 heteroatoms. The number of nitrogens with one attached hydrogen (secondary N) is 2. The molecular weight excluding hydrogens is 748 g/mol. The molecule has 4 aromatic rings. The van der Waals surface area contributed by atoms with E-state index in [0.29, 0.717) is 17.9 Å². The van der Waals surface area contributed by atoms with E-state index < -0.39 is 30.2 Å². The number of hydrogen-bond donors (Lipinski definition) is 3. The van der Waals surface area contributed by atoms with Gasteiger partial charge >= 0.3 is 6.18 Å². The van der Waals surface area contributed by atoms with Crippen molar-refractivity contribution < 1.29 is 37.3 Å². The molecule has 0 aliphatic rings. The van der Waals surface area contributed by atoms with Crippen molar-refractivity contribution in [2.24, 2.45) is 0 Å². The molecule has 3 N–H and O–H groups in total. The number of carbonyl (C=O) groups is 2. The van der Waals surface area contributed by atoms with Gasteiger partial charge < -0.3 is 25.2 Å². The van der Waals surface area contributed by atoms with Crippen LogP contribution < -0.4 is 20.1 Å². The molecule has 0 aliphatic heterocycles. The minimum Gasteiger partial charge on any atom is -0.486 e. The Morgan fingerprint density at radius 2 is 1.33 bits per heavy atom. The van der Waals surface area contributed by atoms with Crippen molar-refractivity contribution in [3.63, 3.8) is 0 Å². The highest BCUT2D eigenvalue weighted by atomic mass is 19.4. The van der Waals surface area contributed by atoms with E-state index in [1.165, 1.54) is 23.9 Å². The second kappa shape index (κ2) is 20.8. The summed E-state index contributed by atoms with van der Waals surface area (Å²) in [5.74, 6) is -0.0648. The van der Waals surface area contributed by atoms with E-state index in [0.717, 1.165) is 28.8 Å². The van der Waals surface area contributed by atoms with Gasteiger partial charge in [0.15, 0.2) is 6.61 Å². The average Bonchev–Trinajstić information content (AvgIpc) is 3.19. The van der Waals surface area contributed by atoms with E-state index in [4.69, 9.17) is 4.74 Å². The summed E-state index contributed by atoms with van der Waals surface area (Å²) in [6, 6.07) is 23.7. The second-order valence-corrected chi connectivity index (χ2v) is 15.8.